The Morgan fingerprint density at radius 2 is 1.59 bits per heavy atom. The first-order valence-corrected chi connectivity index (χ1v) is 10.3. The third kappa shape index (κ3) is 4.59. The number of methoxy groups -OCH3 is 3. The van der Waals surface area contributed by atoms with E-state index in [0.29, 0.717) is 51.1 Å². The molecule has 0 aromatic heterocycles. The predicted molar refractivity (Wildman–Crippen MR) is 127 cm³/mol. The van der Waals surface area contributed by atoms with Gasteiger partial charge in [-0.1, -0.05) is 18.2 Å². The second kappa shape index (κ2) is 9.88. The number of rotatable bonds is 7. The van der Waals surface area contributed by atoms with Crippen LogP contribution >= 0.6 is 0 Å². The van der Waals surface area contributed by atoms with Crippen LogP contribution in [0.1, 0.15) is 21.5 Å². The molecule has 172 valence electrons. The maximum absolute atomic E-state index is 12.8. The number of anilines is 1. The first-order valence-electron chi connectivity index (χ1n) is 10.3. The molecule has 1 aliphatic rings. The van der Waals surface area contributed by atoms with Gasteiger partial charge in [0.1, 0.15) is 0 Å². The van der Waals surface area contributed by atoms with Crippen LogP contribution in [-0.2, 0) is 0 Å². The van der Waals surface area contributed by atoms with E-state index in [1.165, 1.54) is 21.3 Å². The number of allylic oxidation sites excluding steroid dienone is 1. The zero-order valence-electron chi connectivity index (χ0n) is 18.9. The van der Waals surface area contributed by atoms with Gasteiger partial charge in [-0.05, 0) is 53.6 Å². The highest BCUT2D eigenvalue weighted by Crippen LogP contribution is 2.38. The van der Waals surface area contributed by atoms with E-state index in [1.54, 1.807) is 42.5 Å². The number of nitrogens with one attached hydrogen (secondary N) is 1. The smallest absolute Gasteiger partial charge is 0.255 e. The van der Waals surface area contributed by atoms with Crippen LogP contribution in [0.25, 0.3) is 11.6 Å². The van der Waals surface area contributed by atoms with Crippen LogP contribution in [0.3, 0.4) is 0 Å². The lowest BCUT2D eigenvalue weighted by Gasteiger charge is -2.14. The van der Waals surface area contributed by atoms with Crippen molar-refractivity contribution in [3.05, 3.63) is 71.3 Å². The van der Waals surface area contributed by atoms with Gasteiger partial charge < -0.3 is 29.0 Å². The van der Waals surface area contributed by atoms with Crippen molar-refractivity contribution in [1.82, 2.24) is 0 Å². The Labute approximate surface area is 196 Å². The van der Waals surface area contributed by atoms with E-state index in [1.807, 2.05) is 18.2 Å². The minimum atomic E-state index is -0.344. The Balaban J connectivity index is 1.52. The minimum absolute atomic E-state index is 0.191. The largest absolute Gasteiger partial charge is 0.493 e. The molecular formula is C26H22N2O6. The van der Waals surface area contributed by atoms with Crippen LogP contribution in [0, 0.1) is 11.3 Å². The van der Waals surface area contributed by atoms with Crippen LogP contribution < -0.4 is 29.0 Å². The highest BCUT2D eigenvalue weighted by atomic mass is 16.7. The lowest BCUT2D eigenvalue weighted by atomic mass is 10.0. The molecule has 1 heterocycles. The standard InChI is InChI=1S/C26H22N2O6/c1-30-23-12-18(13-24(31-2)25(23)32-3)26(29)28-20-7-5-17(6-8-20)19(14-27)10-16-4-9-21-22(11-16)34-15-33-21/h4-13H,15H2,1-3H3,(H,28,29)/b19-10+. The molecule has 0 unspecified atom stereocenters. The number of ether oxygens (including phenoxy) is 5. The summed E-state index contributed by atoms with van der Waals surface area (Å²) in [5.74, 6) is 2.16. The van der Waals surface area contributed by atoms with Crippen LogP contribution in [0.5, 0.6) is 28.7 Å². The number of fused-ring (bicyclic) bond motifs is 1. The van der Waals surface area contributed by atoms with Crippen LogP contribution in [0.15, 0.2) is 54.6 Å². The number of carbonyl (C=O) groups is 1. The van der Waals surface area contributed by atoms with Gasteiger partial charge in [0, 0.05) is 11.3 Å². The Kier molecular flexibility index (Phi) is 6.55. The topological polar surface area (TPSA) is 99.0 Å². The average Bonchev–Trinajstić information content (AvgIpc) is 3.34. The average molecular weight is 458 g/mol. The summed E-state index contributed by atoms with van der Waals surface area (Å²) in [6, 6.07) is 17.9. The van der Waals surface area contributed by atoms with Crippen LogP contribution in [-0.4, -0.2) is 34.0 Å². The lowest BCUT2D eigenvalue weighted by molar-refractivity contribution is 0.102. The normalized spacial score (nSPS) is 12.0. The summed E-state index contributed by atoms with van der Waals surface area (Å²) >= 11 is 0. The quantitative estimate of drug-likeness (QED) is 0.403. The molecule has 34 heavy (non-hydrogen) atoms. The number of amides is 1. The Hall–Kier alpha value is -4.64. The van der Waals surface area contributed by atoms with Gasteiger partial charge in [-0.15, -0.1) is 0 Å². The van der Waals surface area contributed by atoms with Gasteiger partial charge in [0.15, 0.2) is 23.0 Å². The van der Waals surface area contributed by atoms with Gasteiger partial charge in [0.05, 0.1) is 33.0 Å². The van der Waals surface area contributed by atoms with E-state index in [-0.39, 0.29) is 12.7 Å². The summed E-state index contributed by atoms with van der Waals surface area (Å²) in [6.45, 7) is 0.191. The van der Waals surface area contributed by atoms with E-state index in [4.69, 9.17) is 23.7 Å². The Morgan fingerprint density at radius 1 is 0.912 bits per heavy atom. The molecule has 0 saturated heterocycles. The molecule has 3 aromatic rings. The van der Waals surface area contributed by atoms with Crippen LogP contribution in [0.4, 0.5) is 5.69 Å². The summed E-state index contributed by atoms with van der Waals surface area (Å²) in [7, 11) is 4.47. The maximum Gasteiger partial charge on any atom is 0.255 e. The number of carbonyl (C=O) groups excluding carboxylic acids is 1. The molecular weight excluding hydrogens is 436 g/mol. The van der Waals surface area contributed by atoms with Crippen molar-refractivity contribution in [2.75, 3.05) is 33.4 Å². The second-order valence-electron chi connectivity index (χ2n) is 7.23. The monoisotopic (exact) mass is 458 g/mol. The minimum Gasteiger partial charge on any atom is -0.493 e. The first-order chi connectivity index (χ1) is 16.6. The molecule has 8 nitrogen and oxygen atoms in total. The molecule has 1 amide bonds. The highest BCUT2D eigenvalue weighted by molar-refractivity contribution is 6.05. The van der Waals surface area contributed by atoms with Gasteiger partial charge in [-0.3, -0.25) is 4.79 Å². The Morgan fingerprint density at radius 3 is 2.21 bits per heavy atom. The van der Waals surface area contributed by atoms with Crippen molar-refractivity contribution in [3.63, 3.8) is 0 Å². The first kappa shape index (κ1) is 22.6. The predicted octanol–water partition coefficient (Wildman–Crippen LogP) is 4.76. The molecule has 0 aliphatic carbocycles. The van der Waals surface area contributed by atoms with Gasteiger partial charge >= 0.3 is 0 Å². The second-order valence-corrected chi connectivity index (χ2v) is 7.23. The van der Waals surface area contributed by atoms with Gasteiger partial charge in [-0.2, -0.15) is 5.26 Å². The molecule has 1 N–H and O–H groups in total. The van der Waals surface area contributed by atoms with E-state index >= 15 is 0 Å². The van der Waals surface area contributed by atoms with E-state index < -0.39 is 0 Å². The highest BCUT2D eigenvalue weighted by Gasteiger charge is 2.17. The van der Waals surface area contributed by atoms with Crippen molar-refractivity contribution in [2.24, 2.45) is 0 Å². The molecule has 0 atom stereocenters. The van der Waals surface area contributed by atoms with Crippen molar-refractivity contribution in [2.45, 2.75) is 0 Å². The summed E-state index contributed by atoms with van der Waals surface area (Å²) < 4.78 is 26.6. The number of nitriles is 1. The molecule has 0 radical (unpaired) electrons. The lowest BCUT2D eigenvalue weighted by Crippen LogP contribution is -2.12. The SMILES string of the molecule is COc1cc(C(=O)Nc2ccc(/C(C#N)=C/c3ccc4c(c3)OCO4)cc2)cc(OC)c1OC. The fourth-order valence-electron chi connectivity index (χ4n) is 3.50. The molecule has 0 saturated carbocycles. The van der Waals surface area contributed by atoms with Gasteiger partial charge in [-0.25, -0.2) is 0 Å². The van der Waals surface area contributed by atoms with Crippen LogP contribution in [0.2, 0.25) is 0 Å². The molecule has 0 spiro atoms. The molecule has 8 heteroatoms. The summed E-state index contributed by atoms with van der Waals surface area (Å²) in [4.78, 5) is 12.8. The number of hydrogen-bond donors (Lipinski definition) is 1. The molecule has 1 aliphatic heterocycles. The molecule has 0 bridgehead atoms. The van der Waals surface area contributed by atoms with Gasteiger partial charge in [0.2, 0.25) is 12.5 Å². The fourth-order valence-corrected chi connectivity index (χ4v) is 3.50. The van der Waals surface area contributed by atoms with Crippen molar-refractivity contribution in [1.29, 1.82) is 5.26 Å². The molecule has 0 fully saturated rings. The summed E-state index contributed by atoms with van der Waals surface area (Å²) in [5, 5.41) is 12.5. The van der Waals surface area contributed by atoms with Crippen molar-refractivity contribution >= 4 is 23.2 Å². The van der Waals surface area contributed by atoms with Gasteiger partial charge in [0.25, 0.3) is 5.91 Å². The third-order valence-electron chi connectivity index (χ3n) is 5.21. The molecule has 3 aromatic carbocycles. The third-order valence-corrected chi connectivity index (χ3v) is 5.21. The number of hydrogen-bond acceptors (Lipinski definition) is 7. The van der Waals surface area contributed by atoms with E-state index in [9.17, 15) is 10.1 Å². The number of benzene rings is 3. The zero-order chi connectivity index (χ0) is 24.1. The van der Waals surface area contributed by atoms with Crippen molar-refractivity contribution < 1.29 is 28.5 Å². The zero-order valence-corrected chi connectivity index (χ0v) is 18.9. The Bertz CT molecular complexity index is 1270. The van der Waals surface area contributed by atoms with E-state index in [2.05, 4.69) is 11.4 Å². The fraction of sp³-hybridized carbons (Fsp3) is 0.154. The maximum atomic E-state index is 12.8. The summed E-state index contributed by atoms with van der Waals surface area (Å²) in [6.07, 6.45) is 1.77. The van der Waals surface area contributed by atoms with Crippen molar-refractivity contribution in [3.8, 4) is 34.8 Å². The molecule has 4 rings (SSSR count). The van der Waals surface area contributed by atoms with E-state index in [0.717, 1.165) is 5.56 Å². The number of nitrogens with zero attached hydrogens (tertiary/aromatic N) is 1. The summed E-state index contributed by atoms with van der Waals surface area (Å²) in [5.41, 5.74) is 2.93.